The molecule has 1 heterocycles. The van der Waals surface area contributed by atoms with E-state index in [2.05, 4.69) is 153 Å². The Morgan fingerprint density at radius 1 is 0.762 bits per heavy atom. The number of benzene rings is 4. The van der Waals surface area contributed by atoms with E-state index in [0.717, 1.165) is 28.9 Å². The Hall–Kier alpha value is -5.10. The standard InChI is InChI=1S/C38H29N.C3H6/c1-25-10-4-5-12-31(25)36-22-26(2)32-13-6-7-17-38(32)39(24-27(36)3)30-20-18-28(19-21-30)33-15-9-16-35-34-14-8-11-29(34)23-37(33)35;1-3-2/h4-7,9-22,24H,2,23H2,1,3H3;3H,1H2,2H3/b27-24-,36-22+;. The predicted octanol–water partition coefficient (Wildman–Crippen LogP) is 11.0. The molecule has 1 nitrogen and oxygen atoms in total. The molecule has 1 heteroatoms. The molecule has 0 bridgehead atoms. The van der Waals surface area contributed by atoms with Crippen LogP contribution in [0.15, 0.2) is 152 Å². The average Bonchev–Trinajstić information content (AvgIpc) is 3.61. The van der Waals surface area contributed by atoms with Gasteiger partial charge in [0.15, 0.2) is 0 Å². The maximum atomic E-state index is 4.49. The lowest BCUT2D eigenvalue weighted by Crippen LogP contribution is -2.13. The molecule has 7 rings (SSSR count). The second-order valence-electron chi connectivity index (χ2n) is 11.0. The third-order valence-electron chi connectivity index (χ3n) is 8.13. The first-order valence-electron chi connectivity index (χ1n) is 14.5. The van der Waals surface area contributed by atoms with Crippen molar-refractivity contribution in [1.82, 2.24) is 0 Å². The van der Waals surface area contributed by atoms with E-state index >= 15 is 0 Å². The molecule has 0 atom stereocenters. The van der Waals surface area contributed by atoms with Gasteiger partial charge in [-0.3, -0.25) is 0 Å². The van der Waals surface area contributed by atoms with Crippen LogP contribution in [0.4, 0.5) is 11.4 Å². The van der Waals surface area contributed by atoms with Gasteiger partial charge < -0.3 is 4.90 Å². The highest BCUT2D eigenvalue weighted by Gasteiger charge is 2.24. The number of allylic oxidation sites excluding steroid dienone is 8. The summed E-state index contributed by atoms with van der Waals surface area (Å²) in [5.41, 5.74) is 20.6. The number of rotatable bonds is 3. The minimum atomic E-state index is 0.976. The van der Waals surface area contributed by atoms with Crippen molar-refractivity contribution in [2.45, 2.75) is 27.2 Å². The molecule has 0 fully saturated rings. The Labute approximate surface area is 250 Å². The number of nitrogens with zero attached hydrogens (tertiary/aromatic N) is 1. The second-order valence-corrected chi connectivity index (χ2v) is 11.0. The molecule has 1 aliphatic heterocycles. The van der Waals surface area contributed by atoms with Gasteiger partial charge in [0.05, 0.1) is 5.69 Å². The maximum Gasteiger partial charge on any atom is 0.0533 e. The van der Waals surface area contributed by atoms with Gasteiger partial charge in [-0.1, -0.05) is 85.5 Å². The van der Waals surface area contributed by atoms with Crippen molar-refractivity contribution in [2.24, 2.45) is 0 Å². The topological polar surface area (TPSA) is 3.24 Å². The van der Waals surface area contributed by atoms with Gasteiger partial charge in [-0.25, -0.2) is 0 Å². The summed E-state index contributed by atoms with van der Waals surface area (Å²) in [6.07, 6.45) is 11.5. The smallest absolute Gasteiger partial charge is 0.0533 e. The molecule has 2 aliphatic carbocycles. The number of anilines is 2. The fraction of sp³-hybridized carbons (Fsp3) is 0.0976. The largest absolute Gasteiger partial charge is 0.316 e. The Morgan fingerprint density at radius 2 is 1.43 bits per heavy atom. The molecule has 0 unspecified atom stereocenters. The minimum absolute atomic E-state index is 0.976. The van der Waals surface area contributed by atoms with Crippen molar-refractivity contribution in [3.63, 3.8) is 0 Å². The van der Waals surface area contributed by atoms with Gasteiger partial charge in [-0.15, -0.1) is 12.3 Å². The highest BCUT2D eigenvalue weighted by atomic mass is 15.1. The van der Waals surface area contributed by atoms with Gasteiger partial charge in [0, 0.05) is 17.5 Å². The first-order valence-corrected chi connectivity index (χ1v) is 14.5. The normalized spacial score (nSPS) is 17.1. The zero-order valence-electron chi connectivity index (χ0n) is 24.6. The zero-order valence-corrected chi connectivity index (χ0v) is 24.6. The molecule has 0 saturated heterocycles. The molecular weight excluding hydrogens is 506 g/mol. The zero-order chi connectivity index (χ0) is 29.2. The summed E-state index contributed by atoms with van der Waals surface area (Å²) in [5.74, 6) is 0. The van der Waals surface area contributed by atoms with Crippen molar-refractivity contribution < 1.29 is 0 Å². The number of fused-ring (bicyclic) bond motifs is 3. The van der Waals surface area contributed by atoms with E-state index < -0.39 is 0 Å². The molecule has 0 radical (unpaired) electrons. The molecule has 0 saturated carbocycles. The van der Waals surface area contributed by atoms with Crippen LogP contribution in [0.1, 0.15) is 41.7 Å². The fourth-order valence-electron chi connectivity index (χ4n) is 6.12. The van der Waals surface area contributed by atoms with E-state index in [9.17, 15) is 0 Å². The molecule has 42 heavy (non-hydrogen) atoms. The van der Waals surface area contributed by atoms with E-state index in [-0.39, 0.29) is 0 Å². The molecule has 0 spiro atoms. The molecule has 4 aromatic rings. The van der Waals surface area contributed by atoms with E-state index in [0.29, 0.717) is 0 Å². The van der Waals surface area contributed by atoms with Crippen LogP contribution in [0.3, 0.4) is 0 Å². The maximum absolute atomic E-state index is 4.49. The quantitative estimate of drug-likeness (QED) is 0.184. The summed E-state index contributed by atoms with van der Waals surface area (Å²) in [7, 11) is 0. The lowest BCUT2D eigenvalue weighted by molar-refractivity contribution is 1.23. The summed E-state index contributed by atoms with van der Waals surface area (Å²) in [6.45, 7) is 14.1. The lowest BCUT2D eigenvalue weighted by Gasteiger charge is -2.28. The van der Waals surface area contributed by atoms with Crippen LogP contribution in [0.5, 0.6) is 0 Å². The molecule has 4 aromatic carbocycles. The van der Waals surface area contributed by atoms with Gasteiger partial charge in [0.1, 0.15) is 0 Å². The van der Waals surface area contributed by atoms with Gasteiger partial charge in [-0.05, 0) is 125 Å². The van der Waals surface area contributed by atoms with Crippen molar-refractivity contribution in [1.29, 1.82) is 0 Å². The summed E-state index contributed by atoms with van der Waals surface area (Å²) in [6, 6.07) is 32.8. The highest BCUT2D eigenvalue weighted by molar-refractivity contribution is 5.96. The van der Waals surface area contributed by atoms with Crippen molar-refractivity contribution >= 4 is 28.1 Å². The molecule has 204 valence electrons. The molecule has 0 N–H and O–H groups in total. The minimum Gasteiger partial charge on any atom is -0.316 e. The summed E-state index contributed by atoms with van der Waals surface area (Å²) < 4.78 is 0. The van der Waals surface area contributed by atoms with Crippen LogP contribution in [0.25, 0.3) is 27.8 Å². The number of hydrogen-bond acceptors (Lipinski definition) is 1. The Balaban J connectivity index is 0.00000101. The number of para-hydroxylation sites is 1. The highest BCUT2D eigenvalue weighted by Crippen LogP contribution is 2.43. The first-order chi connectivity index (χ1) is 20.5. The van der Waals surface area contributed by atoms with Gasteiger partial charge >= 0.3 is 0 Å². The monoisotopic (exact) mass is 541 g/mol. The Kier molecular flexibility index (Phi) is 7.36. The van der Waals surface area contributed by atoms with Crippen LogP contribution >= 0.6 is 0 Å². The number of aryl methyl sites for hydroxylation is 1. The van der Waals surface area contributed by atoms with Crippen molar-refractivity contribution in [2.75, 3.05) is 4.90 Å². The fourth-order valence-corrected chi connectivity index (χ4v) is 6.12. The van der Waals surface area contributed by atoms with Gasteiger partial charge in [-0.2, -0.15) is 0 Å². The second kappa shape index (κ2) is 11.4. The van der Waals surface area contributed by atoms with Gasteiger partial charge in [0.2, 0.25) is 0 Å². The summed E-state index contributed by atoms with van der Waals surface area (Å²) in [4.78, 5) is 2.31. The third-order valence-corrected chi connectivity index (χ3v) is 8.13. The first kappa shape index (κ1) is 27.1. The van der Waals surface area contributed by atoms with Crippen LogP contribution < -0.4 is 4.90 Å². The predicted molar refractivity (Wildman–Crippen MR) is 182 cm³/mol. The van der Waals surface area contributed by atoms with Crippen LogP contribution in [0.2, 0.25) is 0 Å². The molecular formula is C41H35N. The van der Waals surface area contributed by atoms with Gasteiger partial charge in [0.25, 0.3) is 0 Å². The third kappa shape index (κ3) is 4.85. The molecule has 0 amide bonds. The SMILES string of the molecule is C=C1/C=C(c2ccccc2C)\C(C)=C/N(c2ccc(-c3cccc4c3CC3=C4C=C=C3)cc2)c2ccccc21.C=CC. The lowest BCUT2D eigenvalue weighted by atomic mass is 9.90. The summed E-state index contributed by atoms with van der Waals surface area (Å²) in [5, 5.41) is 0. The van der Waals surface area contributed by atoms with Crippen molar-refractivity contribution in [3.05, 3.63) is 179 Å². The van der Waals surface area contributed by atoms with E-state index in [1.807, 2.05) is 6.92 Å². The van der Waals surface area contributed by atoms with E-state index in [1.165, 1.54) is 55.7 Å². The Bertz CT molecular complexity index is 1880. The number of hydrogen-bond donors (Lipinski definition) is 0. The average molecular weight is 542 g/mol. The molecule has 0 aromatic heterocycles. The van der Waals surface area contributed by atoms with E-state index in [4.69, 9.17) is 0 Å². The Morgan fingerprint density at radius 3 is 2.19 bits per heavy atom. The van der Waals surface area contributed by atoms with Crippen LogP contribution in [-0.4, -0.2) is 0 Å². The van der Waals surface area contributed by atoms with Crippen LogP contribution in [-0.2, 0) is 6.42 Å². The van der Waals surface area contributed by atoms with E-state index in [1.54, 1.807) is 6.08 Å². The van der Waals surface area contributed by atoms with Crippen LogP contribution in [0, 0.1) is 6.92 Å². The molecule has 3 aliphatic rings. The summed E-state index contributed by atoms with van der Waals surface area (Å²) >= 11 is 0. The van der Waals surface area contributed by atoms with Crippen molar-refractivity contribution in [3.8, 4) is 11.1 Å².